The van der Waals surface area contributed by atoms with Crippen LogP contribution >= 0.6 is 22.9 Å². The van der Waals surface area contributed by atoms with Crippen molar-refractivity contribution in [1.82, 2.24) is 0 Å². The van der Waals surface area contributed by atoms with Gasteiger partial charge in [-0.25, -0.2) is 0 Å². The molecule has 102 valence electrons. The first-order chi connectivity index (χ1) is 9.13. The highest BCUT2D eigenvalue weighted by atomic mass is 35.5. The molecule has 0 spiro atoms. The van der Waals surface area contributed by atoms with E-state index in [9.17, 15) is 5.11 Å². The first-order valence-electron chi connectivity index (χ1n) is 6.23. The molecule has 19 heavy (non-hydrogen) atoms. The monoisotopic (exact) mass is 296 g/mol. The zero-order valence-electron chi connectivity index (χ0n) is 11.0. The van der Waals surface area contributed by atoms with Gasteiger partial charge in [-0.05, 0) is 30.7 Å². The van der Waals surface area contributed by atoms with Crippen LogP contribution in [0.15, 0.2) is 30.3 Å². The molecule has 2 aromatic rings. The molecule has 1 aromatic carbocycles. The predicted octanol–water partition coefficient (Wildman–Crippen LogP) is 4.25. The van der Waals surface area contributed by atoms with Crippen molar-refractivity contribution in [3.8, 4) is 5.75 Å². The summed E-state index contributed by atoms with van der Waals surface area (Å²) in [5, 5.41) is 11.0. The van der Waals surface area contributed by atoms with Crippen LogP contribution in [0.25, 0.3) is 0 Å². The minimum Gasteiger partial charge on any atom is -0.496 e. The van der Waals surface area contributed by atoms with Crippen molar-refractivity contribution in [2.75, 3.05) is 7.11 Å². The molecular weight excluding hydrogens is 280 g/mol. The maximum atomic E-state index is 10.3. The zero-order valence-corrected chi connectivity index (χ0v) is 12.6. The lowest BCUT2D eigenvalue weighted by Gasteiger charge is -2.14. The molecule has 4 heteroatoms. The molecule has 1 aromatic heterocycles. The molecule has 2 rings (SSSR count). The van der Waals surface area contributed by atoms with Gasteiger partial charge >= 0.3 is 0 Å². The number of benzene rings is 1. The third kappa shape index (κ3) is 3.50. The topological polar surface area (TPSA) is 29.5 Å². The number of thiophene rings is 1. The molecule has 0 aliphatic carbocycles. The number of rotatable bonds is 5. The molecule has 0 saturated carbocycles. The Morgan fingerprint density at radius 1 is 1.26 bits per heavy atom. The fourth-order valence-electron chi connectivity index (χ4n) is 1.98. The van der Waals surface area contributed by atoms with E-state index in [0.29, 0.717) is 17.2 Å². The summed E-state index contributed by atoms with van der Waals surface area (Å²) in [5.74, 6) is 0.632. The van der Waals surface area contributed by atoms with Crippen molar-refractivity contribution in [2.24, 2.45) is 0 Å². The minimum atomic E-state index is -0.574. The summed E-state index contributed by atoms with van der Waals surface area (Å²) in [6, 6.07) is 9.52. The standard InChI is InChI=1S/C15H17ClO2S/c1-3-11-5-6-12(19-11)9-14(17)13-7-4-10(16)8-15(13)18-2/h4-8,14,17H,3,9H2,1-2H3. The maximum Gasteiger partial charge on any atom is 0.126 e. The Morgan fingerprint density at radius 3 is 2.63 bits per heavy atom. The van der Waals surface area contributed by atoms with Crippen LogP contribution in [-0.2, 0) is 12.8 Å². The van der Waals surface area contributed by atoms with Gasteiger partial charge in [-0.2, -0.15) is 0 Å². The second-order valence-electron chi connectivity index (χ2n) is 4.33. The van der Waals surface area contributed by atoms with Gasteiger partial charge in [0.05, 0.1) is 13.2 Å². The first-order valence-corrected chi connectivity index (χ1v) is 7.42. The van der Waals surface area contributed by atoms with E-state index in [-0.39, 0.29) is 0 Å². The van der Waals surface area contributed by atoms with Gasteiger partial charge in [0.15, 0.2) is 0 Å². The summed E-state index contributed by atoms with van der Waals surface area (Å²) in [4.78, 5) is 2.52. The number of methoxy groups -OCH3 is 1. The predicted molar refractivity (Wildman–Crippen MR) is 80.4 cm³/mol. The summed E-state index contributed by atoms with van der Waals surface area (Å²) >= 11 is 7.67. The summed E-state index contributed by atoms with van der Waals surface area (Å²) < 4.78 is 5.27. The molecule has 0 aliphatic rings. The van der Waals surface area contributed by atoms with E-state index in [0.717, 1.165) is 12.0 Å². The Bertz CT molecular complexity index is 551. The molecule has 1 unspecified atom stereocenters. The number of ether oxygens (including phenoxy) is 1. The number of aliphatic hydroxyl groups is 1. The van der Waals surface area contributed by atoms with Gasteiger partial charge in [0.2, 0.25) is 0 Å². The van der Waals surface area contributed by atoms with Crippen LogP contribution in [0, 0.1) is 0 Å². The lowest BCUT2D eigenvalue weighted by atomic mass is 10.0. The van der Waals surface area contributed by atoms with E-state index in [4.69, 9.17) is 16.3 Å². The average molecular weight is 297 g/mol. The highest BCUT2D eigenvalue weighted by Crippen LogP contribution is 2.31. The lowest BCUT2D eigenvalue weighted by molar-refractivity contribution is 0.175. The second-order valence-corrected chi connectivity index (χ2v) is 6.02. The Kier molecular flexibility index (Phi) is 4.86. The molecule has 0 aliphatic heterocycles. The van der Waals surface area contributed by atoms with Gasteiger partial charge in [-0.15, -0.1) is 11.3 Å². The number of hydrogen-bond donors (Lipinski definition) is 1. The van der Waals surface area contributed by atoms with E-state index in [1.54, 1.807) is 30.6 Å². The van der Waals surface area contributed by atoms with Crippen LogP contribution in [0.1, 0.15) is 28.3 Å². The van der Waals surface area contributed by atoms with Crippen molar-refractivity contribution < 1.29 is 9.84 Å². The molecular formula is C15H17ClO2S. The molecule has 1 N–H and O–H groups in total. The minimum absolute atomic E-state index is 0.574. The molecule has 1 atom stereocenters. The SMILES string of the molecule is CCc1ccc(CC(O)c2ccc(Cl)cc2OC)s1. The van der Waals surface area contributed by atoms with Crippen LogP contribution in [0.3, 0.4) is 0 Å². The average Bonchev–Trinajstić information content (AvgIpc) is 2.86. The van der Waals surface area contributed by atoms with E-state index in [1.165, 1.54) is 9.75 Å². The summed E-state index contributed by atoms with van der Waals surface area (Å²) in [5.41, 5.74) is 0.776. The van der Waals surface area contributed by atoms with Crippen LogP contribution in [0.2, 0.25) is 5.02 Å². The van der Waals surface area contributed by atoms with Crippen molar-refractivity contribution in [1.29, 1.82) is 0 Å². The summed E-state index contributed by atoms with van der Waals surface area (Å²) in [6.07, 6.45) is 1.06. The van der Waals surface area contributed by atoms with Crippen molar-refractivity contribution >= 4 is 22.9 Å². The van der Waals surface area contributed by atoms with Crippen LogP contribution < -0.4 is 4.74 Å². The summed E-state index contributed by atoms with van der Waals surface area (Å²) in [7, 11) is 1.59. The van der Waals surface area contributed by atoms with Gasteiger partial charge < -0.3 is 9.84 Å². The van der Waals surface area contributed by atoms with Gasteiger partial charge in [-0.3, -0.25) is 0 Å². The van der Waals surface area contributed by atoms with Crippen LogP contribution in [-0.4, -0.2) is 12.2 Å². The molecule has 0 saturated heterocycles. The van der Waals surface area contributed by atoms with Crippen LogP contribution in [0.4, 0.5) is 0 Å². The highest BCUT2D eigenvalue weighted by Gasteiger charge is 2.15. The molecule has 0 amide bonds. The molecule has 0 bridgehead atoms. The Balaban J connectivity index is 2.17. The number of hydrogen-bond acceptors (Lipinski definition) is 3. The van der Waals surface area contributed by atoms with Gasteiger partial charge in [-0.1, -0.05) is 24.6 Å². The quantitative estimate of drug-likeness (QED) is 0.894. The maximum absolute atomic E-state index is 10.3. The number of aryl methyl sites for hydroxylation is 1. The van der Waals surface area contributed by atoms with Gasteiger partial charge in [0.25, 0.3) is 0 Å². The largest absolute Gasteiger partial charge is 0.496 e. The van der Waals surface area contributed by atoms with E-state index in [1.807, 2.05) is 6.07 Å². The molecule has 2 nitrogen and oxygen atoms in total. The molecule has 1 heterocycles. The number of aliphatic hydroxyl groups excluding tert-OH is 1. The second kappa shape index (κ2) is 6.42. The molecule has 0 fully saturated rings. The van der Waals surface area contributed by atoms with E-state index >= 15 is 0 Å². The Morgan fingerprint density at radius 2 is 2.00 bits per heavy atom. The smallest absolute Gasteiger partial charge is 0.126 e. The molecule has 0 radical (unpaired) electrons. The van der Waals surface area contributed by atoms with E-state index in [2.05, 4.69) is 19.1 Å². The third-order valence-electron chi connectivity index (χ3n) is 3.01. The Labute approximate surface area is 122 Å². The van der Waals surface area contributed by atoms with Crippen LogP contribution in [0.5, 0.6) is 5.75 Å². The fraction of sp³-hybridized carbons (Fsp3) is 0.333. The summed E-state index contributed by atoms with van der Waals surface area (Å²) in [6.45, 7) is 2.13. The zero-order chi connectivity index (χ0) is 13.8. The normalized spacial score (nSPS) is 12.4. The lowest BCUT2D eigenvalue weighted by Crippen LogP contribution is -2.03. The Hall–Kier alpha value is -1.03. The first kappa shape index (κ1) is 14.4. The van der Waals surface area contributed by atoms with Crippen molar-refractivity contribution in [3.63, 3.8) is 0 Å². The van der Waals surface area contributed by atoms with Crippen molar-refractivity contribution in [2.45, 2.75) is 25.9 Å². The van der Waals surface area contributed by atoms with Gasteiger partial charge in [0, 0.05) is 26.8 Å². The number of halogens is 1. The van der Waals surface area contributed by atoms with E-state index < -0.39 is 6.10 Å². The fourth-order valence-corrected chi connectivity index (χ4v) is 3.14. The third-order valence-corrected chi connectivity index (χ3v) is 4.50. The van der Waals surface area contributed by atoms with Gasteiger partial charge in [0.1, 0.15) is 5.75 Å². The van der Waals surface area contributed by atoms with Crippen molar-refractivity contribution in [3.05, 3.63) is 50.7 Å². The highest BCUT2D eigenvalue weighted by molar-refractivity contribution is 7.11.